The van der Waals surface area contributed by atoms with E-state index in [1.807, 2.05) is 0 Å². The Morgan fingerprint density at radius 2 is 1.73 bits per heavy atom. The van der Waals surface area contributed by atoms with Crippen molar-refractivity contribution in [3.05, 3.63) is 99.7 Å². The lowest BCUT2D eigenvalue weighted by Crippen LogP contribution is -2.29. The van der Waals surface area contributed by atoms with Crippen LogP contribution in [0.5, 0.6) is 0 Å². The number of amides is 1. The predicted octanol–water partition coefficient (Wildman–Crippen LogP) is 3.57. The van der Waals surface area contributed by atoms with Gasteiger partial charge in [-0.3, -0.25) is 9.59 Å². The molecule has 0 spiro atoms. The number of nitrogens with zero attached hydrogens (tertiary/aromatic N) is 1. The SMILES string of the molecule is O=C(Nc1ccc(F)cc1F)c1cccn(Cc2ccccc2F)c1=O. The average Bonchev–Trinajstić information content (AvgIpc) is 2.61. The Balaban J connectivity index is 1.88. The van der Waals surface area contributed by atoms with E-state index < -0.39 is 28.9 Å². The molecule has 0 saturated heterocycles. The smallest absolute Gasteiger partial charge is 0.263 e. The number of pyridine rings is 1. The molecule has 132 valence electrons. The summed E-state index contributed by atoms with van der Waals surface area (Å²) in [5, 5.41) is 2.23. The summed E-state index contributed by atoms with van der Waals surface area (Å²) < 4.78 is 41.5. The third kappa shape index (κ3) is 3.66. The van der Waals surface area contributed by atoms with Crippen LogP contribution >= 0.6 is 0 Å². The van der Waals surface area contributed by atoms with Crippen LogP contribution in [-0.4, -0.2) is 10.5 Å². The summed E-state index contributed by atoms with van der Waals surface area (Å²) in [6, 6.07) is 11.4. The summed E-state index contributed by atoms with van der Waals surface area (Å²) in [7, 11) is 0. The Morgan fingerprint density at radius 3 is 2.46 bits per heavy atom. The van der Waals surface area contributed by atoms with Gasteiger partial charge in [-0.05, 0) is 30.3 Å². The minimum Gasteiger partial charge on any atom is -0.319 e. The van der Waals surface area contributed by atoms with Gasteiger partial charge >= 0.3 is 0 Å². The molecule has 1 N–H and O–H groups in total. The number of halogens is 3. The number of carbonyl (C=O) groups excluding carboxylic acids is 1. The van der Waals surface area contributed by atoms with E-state index in [9.17, 15) is 22.8 Å². The minimum atomic E-state index is -0.957. The first-order valence-corrected chi connectivity index (χ1v) is 7.65. The summed E-state index contributed by atoms with van der Waals surface area (Å²) in [5.74, 6) is -3.06. The summed E-state index contributed by atoms with van der Waals surface area (Å²) in [6.07, 6.45) is 1.42. The third-order valence-electron chi connectivity index (χ3n) is 3.74. The minimum absolute atomic E-state index is 0.0580. The van der Waals surface area contributed by atoms with Gasteiger partial charge in [0, 0.05) is 17.8 Å². The van der Waals surface area contributed by atoms with Gasteiger partial charge in [0.15, 0.2) is 0 Å². The van der Waals surface area contributed by atoms with Crippen LogP contribution in [0.1, 0.15) is 15.9 Å². The van der Waals surface area contributed by atoms with Crippen molar-refractivity contribution in [1.29, 1.82) is 0 Å². The summed E-state index contributed by atoms with van der Waals surface area (Å²) in [4.78, 5) is 24.8. The number of anilines is 1. The molecule has 3 rings (SSSR count). The molecule has 1 amide bonds. The first-order valence-electron chi connectivity index (χ1n) is 7.65. The lowest BCUT2D eigenvalue weighted by atomic mass is 10.2. The van der Waals surface area contributed by atoms with Crippen molar-refractivity contribution in [1.82, 2.24) is 4.57 Å². The molecule has 0 bridgehead atoms. The highest BCUT2D eigenvalue weighted by Crippen LogP contribution is 2.15. The molecule has 3 aromatic rings. The van der Waals surface area contributed by atoms with Crippen molar-refractivity contribution in [3.8, 4) is 0 Å². The van der Waals surface area contributed by atoms with Crippen molar-refractivity contribution in [2.45, 2.75) is 6.54 Å². The Kier molecular flexibility index (Phi) is 4.88. The van der Waals surface area contributed by atoms with Crippen molar-refractivity contribution >= 4 is 11.6 Å². The molecule has 0 fully saturated rings. The standard InChI is InChI=1S/C19H13F3N2O2/c20-13-7-8-17(16(22)10-13)23-18(25)14-5-3-9-24(19(14)26)11-12-4-1-2-6-15(12)21/h1-10H,11H2,(H,23,25). The van der Waals surface area contributed by atoms with Crippen LogP contribution in [0, 0.1) is 17.5 Å². The molecule has 0 radical (unpaired) electrons. The van der Waals surface area contributed by atoms with E-state index >= 15 is 0 Å². The fourth-order valence-electron chi connectivity index (χ4n) is 2.42. The monoisotopic (exact) mass is 358 g/mol. The van der Waals surface area contributed by atoms with Crippen LogP contribution in [-0.2, 0) is 6.54 Å². The molecular weight excluding hydrogens is 345 g/mol. The molecule has 4 nitrogen and oxygen atoms in total. The largest absolute Gasteiger partial charge is 0.319 e. The van der Waals surface area contributed by atoms with Gasteiger partial charge in [0.05, 0.1) is 12.2 Å². The zero-order valence-electron chi connectivity index (χ0n) is 13.4. The fourth-order valence-corrected chi connectivity index (χ4v) is 2.42. The van der Waals surface area contributed by atoms with Gasteiger partial charge < -0.3 is 9.88 Å². The summed E-state index contributed by atoms with van der Waals surface area (Å²) in [5.41, 5.74) is -0.861. The average molecular weight is 358 g/mol. The second kappa shape index (κ2) is 7.26. The van der Waals surface area contributed by atoms with Crippen LogP contribution in [0.25, 0.3) is 0 Å². The van der Waals surface area contributed by atoms with Crippen LogP contribution in [0.15, 0.2) is 65.6 Å². The second-order valence-electron chi connectivity index (χ2n) is 5.52. The first-order chi connectivity index (χ1) is 12.5. The Morgan fingerprint density at radius 1 is 0.962 bits per heavy atom. The molecule has 0 unspecified atom stereocenters. The number of nitrogens with one attached hydrogen (secondary N) is 1. The summed E-state index contributed by atoms with van der Waals surface area (Å²) >= 11 is 0. The Labute approximate surface area is 146 Å². The maximum Gasteiger partial charge on any atom is 0.263 e. The zero-order valence-corrected chi connectivity index (χ0v) is 13.4. The zero-order chi connectivity index (χ0) is 18.7. The summed E-state index contributed by atoms with van der Waals surface area (Å²) in [6.45, 7) is -0.0580. The van der Waals surface area contributed by atoms with Crippen LogP contribution < -0.4 is 10.9 Å². The highest BCUT2D eigenvalue weighted by molar-refractivity contribution is 6.04. The van der Waals surface area contributed by atoms with Gasteiger partial charge in [-0.1, -0.05) is 18.2 Å². The maximum atomic E-state index is 13.8. The molecule has 0 aliphatic rings. The highest BCUT2D eigenvalue weighted by Gasteiger charge is 2.15. The number of rotatable bonds is 4. The molecule has 0 saturated carbocycles. The van der Waals surface area contributed by atoms with E-state index in [-0.39, 0.29) is 23.4 Å². The second-order valence-corrected chi connectivity index (χ2v) is 5.52. The van der Waals surface area contributed by atoms with Gasteiger partial charge in [0.25, 0.3) is 11.5 Å². The van der Waals surface area contributed by atoms with E-state index in [1.165, 1.54) is 41.1 Å². The van der Waals surface area contributed by atoms with Crippen molar-refractivity contribution in [2.24, 2.45) is 0 Å². The lowest BCUT2D eigenvalue weighted by molar-refractivity contribution is 0.102. The molecule has 0 atom stereocenters. The molecule has 2 aromatic carbocycles. The number of benzene rings is 2. The van der Waals surface area contributed by atoms with Gasteiger partial charge in [0.1, 0.15) is 23.0 Å². The molecule has 0 aliphatic heterocycles. The molecule has 7 heteroatoms. The number of hydrogen-bond acceptors (Lipinski definition) is 2. The van der Waals surface area contributed by atoms with Crippen molar-refractivity contribution in [2.75, 3.05) is 5.32 Å². The first kappa shape index (κ1) is 17.5. The topological polar surface area (TPSA) is 51.1 Å². The molecular formula is C19H13F3N2O2. The van der Waals surface area contributed by atoms with Crippen molar-refractivity contribution < 1.29 is 18.0 Å². The Hall–Kier alpha value is -3.35. The predicted molar refractivity (Wildman–Crippen MR) is 90.5 cm³/mol. The van der Waals surface area contributed by atoms with E-state index in [0.717, 1.165) is 12.1 Å². The van der Waals surface area contributed by atoms with E-state index in [4.69, 9.17) is 0 Å². The Bertz CT molecular complexity index is 1030. The van der Waals surface area contributed by atoms with Crippen LogP contribution in [0.4, 0.5) is 18.9 Å². The number of aromatic nitrogens is 1. The lowest BCUT2D eigenvalue weighted by Gasteiger charge is -2.10. The van der Waals surface area contributed by atoms with E-state index in [1.54, 1.807) is 6.07 Å². The maximum absolute atomic E-state index is 13.8. The van der Waals surface area contributed by atoms with Gasteiger partial charge in [-0.2, -0.15) is 0 Å². The van der Waals surface area contributed by atoms with Gasteiger partial charge in [-0.25, -0.2) is 13.2 Å². The van der Waals surface area contributed by atoms with Crippen molar-refractivity contribution in [3.63, 3.8) is 0 Å². The van der Waals surface area contributed by atoms with E-state index in [2.05, 4.69) is 5.32 Å². The van der Waals surface area contributed by atoms with E-state index in [0.29, 0.717) is 6.07 Å². The third-order valence-corrected chi connectivity index (χ3v) is 3.74. The molecule has 0 aliphatic carbocycles. The molecule has 26 heavy (non-hydrogen) atoms. The van der Waals surface area contributed by atoms with Crippen LogP contribution in [0.2, 0.25) is 0 Å². The fraction of sp³-hybridized carbons (Fsp3) is 0.0526. The van der Waals surface area contributed by atoms with Gasteiger partial charge in [0.2, 0.25) is 0 Å². The van der Waals surface area contributed by atoms with Crippen LogP contribution in [0.3, 0.4) is 0 Å². The quantitative estimate of drug-likeness (QED) is 0.775. The number of carbonyl (C=O) groups is 1. The number of hydrogen-bond donors (Lipinski definition) is 1. The normalized spacial score (nSPS) is 10.6. The highest BCUT2D eigenvalue weighted by atomic mass is 19.1. The molecule has 1 aromatic heterocycles. The molecule has 1 heterocycles. The van der Waals surface area contributed by atoms with Gasteiger partial charge in [-0.15, -0.1) is 0 Å².